The van der Waals surface area contributed by atoms with E-state index in [1.807, 2.05) is 60.7 Å². The zero-order chi connectivity index (χ0) is 45.7. The van der Waals surface area contributed by atoms with Crippen LogP contribution in [-0.4, -0.2) is 28.2 Å². The molecule has 10 rings (SSSR count). The molecule has 0 unspecified atom stereocenters. The van der Waals surface area contributed by atoms with Crippen molar-refractivity contribution in [2.45, 2.75) is 36.9 Å². The van der Waals surface area contributed by atoms with E-state index in [0.717, 1.165) is 36.8 Å². The standard InChI is InChI=1S/C31H19N2O.C22H24GeN.Ir/c1-2-7-20(8-3-1)17-21-15-16-32-28(18-21)26-12-6-11-25-27-19-23-14-13-22-9-4-5-10-24(22)29(23)33-31(27)34-30(25)26;1-17-10-12-19(13-11-17)22-15-20(14-18-8-6-5-7-9-18)21(16-24-22)23(2,3)4;/h1-11,13-16,18-19H,17H2;5-12,15-16H,14H2,1-4H3;/q2*-1;/i17D2;1D3,14D2;. The summed E-state index contributed by atoms with van der Waals surface area (Å²) in [6.45, 7) is -2.18. The summed E-state index contributed by atoms with van der Waals surface area (Å²) in [5.74, 6) is 6.66. The van der Waals surface area contributed by atoms with E-state index in [2.05, 4.69) is 69.7 Å². The second-order valence-electron chi connectivity index (χ2n) is 15.2. The van der Waals surface area contributed by atoms with Gasteiger partial charge in [0.1, 0.15) is 0 Å². The topological polar surface area (TPSA) is 51.8 Å². The van der Waals surface area contributed by atoms with Crippen molar-refractivity contribution in [1.29, 1.82) is 0 Å². The van der Waals surface area contributed by atoms with E-state index in [0.29, 0.717) is 56.1 Å². The number of hydrogen-bond acceptors (Lipinski definition) is 4. The van der Waals surface area contributed by atoms with Gasteiger partial charge in [-0.15, -0.1) is 18.2 Å². The van der Waals surface area contributed by atoms with E-state index >= 15 is 0 Å². The Morgan fingerprint density at radius 2 is 1.41 bits per heavy atom. The second kappa shape index (κ2) is 17.2. The SMILES string of the molecule is [2H]C([2H])([2H])c1c[c-]c(-c2cc(C([2H])([2H])c3ccccc3)[c]([Ge]([CH3])([CH3])[CH3])cn2)cc1.[2H]C([2H])(c1ccccc1)c1ccnc(-c2[c-]ccc3c2oc2nc4c(ccc5ccccc54)cc23)c1.[Ir]. The van der Waals surface area contributed by atoms with E-state index in [4.69, 9.17) is 19.0 Å². The zero-order valence-corrected chi connectivity index (χ0v) is 37.2. The van der Waals surface area contributed by atoms with E-state index in [9.17, 15) is 0 Å². The van der Waals surface area contributed by atoms with E-state index in [-0.39, 0.29) is 25.7 Å². The summed E-state index contributed by atoms with van der Waals surface area (Å²) >= 11 is -2.42. The number of fused-ring (bicyclic) bond motifs is 6. The van der Waals surface area contributed by atoms with Crippen molar-refractivity contribution in [2.75, 3.05) is 0 Å². The van der Waals surface area contributed by atoms with Crippen LogP contribution in [-0.2, 0) is 32.9 Å². The van der Waals surface area contributed by atoms with Gasteiger partial charge < -0.3 is 9.40 Å². The van der Waals surface area contributed by atoms with Crippen LogP contribution in [0.2, 0.25) is 17.3 Å². The van der Waals surface area contributed by atoms with Gasteiger partial charge in [-0.3, -0.25) is 0 Å². The molecule has 59 heavy (non-hydrogen) atoms. The van der Waals surface area contributed by atoms with Crippen molar-refractivity contribution in [3.05, 3.63) is 204 Å². The molecular formula is C53H43GeIrN3O-2. The smallest absolute Gasteiger partial charge is 0.216 e. The molecule has 0 bridgehead atoms. The van der Waals surface area contributed by atoms with Gasteiger partial charge in [0.15, 0.2) is 0 Å². The monoisotopic (exact) mass is 1010 g/mol. The number of aryl methyl sites for hydroxylation is 1. The molecule has 6 heteroatoms. The molecule has 0 saturated carbocycles. The number of hydrogen-bond donors (Lipinski definition) is 0. The molecule has 0 aliphatic carbocycles. The number of furan rings is 1. The Balaban J connectivity index is 0.000000182. The number of nitrogens with zero attached hydrogens (tertiary/aromatic N) is 3. The first-order valence-corrected chi connectivity index (χ1v) is 26.5. The Morgan fingerprint density at radius 1 is 0.661 bits per heavy atom. The average molecular weight is 1010 g/mol. The molecule has 0 spiro atoms. The van der Waals surface area contributed by atoms with E-state index in [1.165, 1.54) is 6.07 Å². The molecule has 4 aromatic heterocycles. The van der Waals surface area contributed by atoms with Crippen LogP contribution >= 0.6 is 0 Å². The molecule has 1 radical (unpaired) electrons. The predicted octanol–water partition coefficient (Wildman–Crippen LogP) is 12.7. The summed E-state index contributed by atoms with van der Waals surface area (Å²) in [5, 5.41) is 5.13. The maximum atomic E-state index is 8.89. The van der Waals surface area contributed by atoms with Gasteiger partial charge in [-0.2, -0.15) is 0 Å². The Bertz CT molecular complexity index is 3360. The first-order chi connectivity index (χ1) is 31.0. The number of rotatable bonds is 7. The number of benzene rings is 6. The van der Waals surface area contributed by atoms with Crippen molar-refractivity contribution >= 4 is 61.4 Å². The maximum Gasteiger partial charge on any atom is 0.216 e. The summed E-state index contributed by atoms with van der Waals surface area (Å²) in [6, 6.07) is 53.0. The van der Waals surface area contributed by atoms with Crippen molar-refractivity contribution < 1.29 is 34.1 Å². The molecular weight excluding hydrogens is 959 g/mol. The molecule has 6 aromatic carbocycles. The third-order valence-corrected chi connectivity index (χ3v) is 14.3. The minimum Gasteiger partial charge on any atom is -0.486 e. The van der Waals surface area contributed by atoms with Gasteiger partial charge in [-0.25, -0.2) is 4.98 Å². The molecule has 0 amide bonds. The first-order valence-electron chi connectivity index (χ1n) is 22.7. The van der Waals surface area contributed by atoms with Gasteiger partial charge in [0, 0.05) is 45.2 Å². The number of pyridine rings is 3. The third kappa shape index (κ3) is 8.70. The Hall–Kier alpha value is -5.72. The van der Waals surface area contributed by atoms with Crippen LogP contribution in [0.15, 0.2) is 168 Å². The van der Waals surface area contributed by atoms with Crippen LogP contribution in [0.4, 0.5) is 0 Å². The zero-order valence-electron chi connectivity index (χ0n) is 39.7. The van der Waals surface area contributed by atoms with Crippen LogP contribution in [0.1, 0.15) is 37.4 Å². The molecule has 0 atom stereocenters. The van der Waals surface area contributed by atoms with Crippen LogP contribution < -0.4 is 4.40 Å². The summed E-state index contributed by atoms with van der Waals surface area (Å²) in [7, 11) is 0. The molecule has 291 valence electrons. The molecule has 4 heterocycles. The van der Waals surface area contributed by atoms with E-state index < -0.39 is 32.9 Å². The van der Waals surface area contributed by atoms with Gasteiger partial charge in [0.2, 0.25) is 5.71 Å². The van der Waals surface area contributed by atoms with Gasteiger partial charge in [0.05, 0.1) is 11.1 Å². The van der Waals surface area contributed by atoms with Crippen molar-refractivity contribution in [2.24, 2.45) is 0 Å². The molecule has 0 aliphatic heterocycles. The molecule has 0 fully saturated rings. The molecule has 0 aliphatic rings. The van der Waals surface area contributed by atoms with E-state index in [1.54, 1.807) is 67.0 Å². The fraction of sp³-hybridized carbons (Fsp3) is 0.113. The number of aromatic nitrogens is 3. The Kier molecular flexibility index (Phi) is 9.41. The summed E-state index contributed by atoms with van der Waals surface area (Å²) in [5.41, 5.74) is 7.22. The Morgan fingerprint density at radius 3 is 2.15 bits per heavy atom. The fourth-order valence-corrected chi connectivity index (χ4v) is 10.1. The van der Waals surface area contributed by atoms with Crippen LogP contribution in [0.5, 0.6) is 0 Å². The van der Waals surface area contributed by atoms with Gasteiger partial charge >= 0.3 is 155 Å². The minimum atomic E-state index is -2.42. The van der Waals surface area contributed by atoms with Gasteiger partial charge in [-0.05, 0) is 40.7 Å². The molecule has 4 nitrogen and oxygen atoms in total. The summed E-state index contributed by atoms with van der Waals surface area (Å²) in [4.78, 5) is 14.1. The average Bonchev–Trinajstić information content (AvgIpc) is 3.68. The molecule has 10 aromatic rings. The third-order valence-electron chi connectivity index (χ3n) is 10.0. The van der Waals surface area contributed by atoms with Crippen molar-refractivity contribution in [3.63, 3.8) is 0 Å². The van der Waals surface area contributed by atoms with Gasteiger partial charge in [0.25, 0.3) is 0 Å². The van der Waals surface area contributed by atoms with Crippen molar-refractivity contribution in [3.8, 4) is 22.5 Å². The second-order valence-corrected chi connectivity index (χ2v) is 25.7. The van der Waals surface area contributed by atoms with Crippen LogP contribution in [0, 0.1) is 19.0 Å². The molecule has 0 saturated heterocycles. The summed E-state index contributed by atoms with van der Waals surface area (Å²) in [6.07, 6.45) is 0.114. The minimum absolute atomic E-state index is 0. The van der Waals surface area contributed by atoms with Crippen LogP contribution in [0.3, 0.4) is 0 Å². The summed E-state index contributed by atoms with van der Waals surface area (Å²) < 4.78 is 65.2. The maximum absolute atomic E-state index is 8.89. The molecule has 0 N–H and O–H groups in total. The first kappa shape index (κ1) is 32.2. The predicted molar refractivity (Wildman–Crippen MR) is 243 cm³/mol. The Labute approximate surface area is 372 Å². The van der Waals surface area contributed by atoms with Crippen LogP contribution in [0.25, 0.3) is 66.3 Å². The quantitative estimate of drug-likeness (QED) is 0.0907. The van der Waals surface area contributed by atoms with Crippen molar-refractivity contribution in [1.82, 2.24) is 15.0 Å². The normalized spacial score (nSPS) is 13.8. The largest absolute Gasteiger partial charge is 0.486 e. The fourth-order valence-electron chi connectivity index (χ4n) is 7.15. The van der Waals surface area contributed by atoms with Gasteiger partial charge in [-0.1, -0.05) is 83.7 Å².